The number of nitrogen functional groups attached to an aromatic ring is 1. The monoisotopic (exact) mass is 224 g/mol. The van der Waals surface area contributed by atoms with Gasteiger partial charge in [0.25, 0.3) is 0 Å². The highest BCUT2D eigenvalue weighted by atomic mass is 16.5. The molecule has 16 heavy (non-hydrogen) atoms. The molecular weight excluding hydrogens is 204 g/mol. The number of ether oxygens (including phenoxy) is 1. The maximum atomic E-state index is 5.75. The average molecular weight is 224 g/mol. The predicted molar refractivity (Wildman–Crippen MR) is 65.8 cm³/mol. The zero-order chi connectivity index (χ0) is 12.3. The Morgan fingerprint density at radius 1 is 1.44 bits per heavy atom. The van der Waals surface area contributed by atoms with Gasteiger partial charge in [-0.1, -0.05) is 6.92 Å². The van der Waals surface area contributed by atoms with Crippen molar-refractivity contribution in [3.05, 3.63) is 6.33 Å². The van der Waals surface area contributed by atoms with Crippen molar-refractivity contribution in [2.24, 2.45) is 0 Å². The van der Waals surface area contributed by atoms with E-state index in [1.165, 1.54) is 6.33 Å². The topological polar surface area (TPSA) is 64.3 Å². The highest BCUT2D eigenvalue weighted by Crippen LogP contribution is 2.33. The van der Waals surface area contributed by atoms with Crippen LogP contribution in [0.25, 0.3) is 0 Å². The smallest absolute Gasteiger partial charge is 0.204 e. The van der Waals surface area contributed by atoms with Crippen LogP contribution >= 0.6 is 0 Å². The molecule has 0 saturated carbocycles. The second-order valence-corrected chi connectivity index (χ2v) is 4.34. The van der Waals surface area contributed by atoms with Gasteiger partial charge in [-0.2, -0.15) is 0 Å². The van der Waals surface area contributed by atoms with E-state index in [0.29, 0.717) is 11.6 Å². The molecule has 90 valence electrons. The Kier molecular flexibility index (Phi) is 3.57. The summed E-state index contributed by atoms with van der Waals surface area (Å²) in [5, 5.41) is 0. The van der Waals surface area contributed by atoms with Crippen LogP contribution < -0.4 is 15.4 Å². The van der Waals surface area contributed by atoms with Crippen molar-refractivity contribution >= 4 is 11.6 Å². The summed E-state index contributed by atoms with van der Waals surface area (Å²) in [4.78, 5) is 10.2. The lowest BCUT2D eigenvalue weighted by atomic mass is 10.00. The van der Waals surface area contributed by atoms with E-state index in [2.05, 4.69) is 35.6 Å². The van der Waals surface area contributed by atoms with Gasteiger partial charge < -0.3 is 15.4 Å². The van der Waals surface area contributed by atoms with Crippen LogP contribution in [0.5, 0.6) is 5.75 Å². The maximum absolute atomic E-state index is 5.75. The standard InChI is InChI=1S/C11H20N4O/c1-6-11(2,3)15(4)10-8(16-5)9(12)13-7-14-10/h7H,6H2,1-5H3,(H2,12,13,14). The van der Waals surface area contributed by atoms with E-state index >= 15 is 0 Å². The lowest BCUT2D eigenvalue weighted by Gasteiger charge is -2.36. The summed E-state index contributed by atoms with van der Waals surface area (Å²) >= 11 is 0. The van der Waals surface area contributed by atoms with Crippen LogP contribution in [-0.4, -0.2) is 29.7 Å². The molecule has 5 heteroatoms. The fraction of sp³-hybridized carbons (Fsp3) is 0.636. The van der Waals surface area contributed by atoms with Gasteiger partial charge in [0, 0.05) is 12.6 Å². The summed E-state index contributed by atoms with van der Waals surface area (Å²) in [5.74, 6) is 1.62. The molecule has 0 saturated heterocycles. The van der Waals surface area contributed by atoms with Gasteiger partial charge in [0.1, 0.15) is 6.33 Å². The minimum atomic E-state index is -0.00588. The molecule has 0 aliphatic carbocycles. The van der Waals surface area contributed by atoms with Crippen molar-refractivity contribution in [1.29, 1.82) is 0 Å². The Morgan fingerprint density at radius 3 is 2.56 bits per heavy atom. The molecule has 1 rings (SSSR count). The van der Waals surface area contributed by atoms with Crippen molar-refractivity contribution in [1.82, 2.24) is 9.97 Å². The Hall–Kier alpha value is -1.52. The first-order valence-corrected chi connectivity index (χ1v) is 5.32. The molecule has 0 atom stereocenters. The van der Waals surface area contributed by atoms with E-state index in [4.69, 9.17) is 10.5 Å². The first-order valence-electron chi connectivity index (χ1n) is 5.32. The number of anilines is 2. The molecule has 2 N–H and O–H groups in total. The number of nitrogens with two attached hydrogens (primary N) is 1. The lowest BCUT2D eigenvalue weighted by molar-refractivity contribution is 0.402. The van der Waals surface area contributed by atoms with Crippen molar-refractivity contribution in [3.63, 3.8) is 0 Å². The minimum Gasteiger partial charge on any atom is -0.490 e. The zero-order valence-corrected chi connectivity index (χ0v) is 10.6. The van der Waals surface area contributed by atoms with Crippen LogP contribution in [0.2, 0.25) is 0 Å². The van der Waals surface area contributed by atoms with E-state index in [1.54, 1.807) is 7.11 Å². The van der Waals surface area contributed by atoms with Crippen molar-refractivity contribution in [2.75, 3.05) is 24.8 Å². The molecule has 0 spiro atoms. The SMILES string of the molecule is CCC(C)(C)N(C)c1ncnc(N)c1OC. The highest BCUT2D eigenvalue weighted by Gasteiger charge is 2.26. The second-order valence-electron chi connectivity index (χ2n) is 4.34. The molecule has 1 aromatic rings. The minimum absolute atomic E-state index is 0.00588. The van der Waals surface area contributed by atoms with Gasteiger partial charge in [0.05, 0.1) is 7.11 Å². The molecule has 0 radical (unpaired) electrons. The summed E-state index contributed by atoms with van der Waals surface area (Å²) in [5.41, 5.74) is 5.75. The Balaban J connectivity index is 3.18. The summed E-state index contributed by atoms with van der Waals surface area (Å²) < 4.78 is 5.25. The van der Waals surface area contributed by atoms with E-state index in [9.17, 15) is 0 Å². The number of aromatic nitrogens is 2. The van der Waals surface area contributed by atoms with Gasteiger partial charge >= 0.3 is 0 Å². The van der Waals surface area contributed by atoms with Crippen molar-refractivity contribution < 1.29 is 4.74 Å². The number of hydrogen-bond donors (Lipinski definition) is 1. The van der Waals surface area contributed by atoms with Gasteiger partial charge in [-0.15, -0.1) is 0 Å². The third kappa shape index (κ3) is 2.18. The highest BCUT2D eigenvalue weighted by molar-refractivity contribution is 5.63. The number of nitrogens with zero attached hydrogens (tertiary/aromatic N) is 3. The number of hydrogen-bond acceptors (Lipinski definition) is 5. The first-order chi connectivity index (χ1) is 7.44. The largest absolute Gasteiger partial charge is 0.490 e. The average Bonchev–Trinajstić information content (AvgIpc) is 2.27. The predicted octanol–water partition coefficient (Wildman–Crippen LogP) is 1.69. The molecular formula is C11H20N4O. The van der Waals surface area contributed by atoms with E-state index in [1.807, 2.05) is 7.05 Å². The maximum Gasteiger partial charge on any atom is 0.204 e. The zero-order valence-electron chi connectivity index (χ0n) is 10.6. The molecule has 0 aromatic carbocycles. The first kappa shape index (κ1) is 12.5. The number of methoxy groups -OCH3 is 1. The van der Waals surface area contributed by atoms with Crippen LogP contribution in [-0.2, 0) is 0 Å². The molecule has 0 fully saturated rings. The fourth-order valence-electron chi connectivity index (χ4n) is 1.34. The molecule has 0 aliphatic rings. The van der Waals surface area contributed by atoms with Gasteiger partial charge in [-0.05, 0) is 20.3 Å². The van der Waals surface area contributed by atoms with Gasteiger partial charge in [0.15, 0.2) is 11.6 Å². The summed E-state index contributed by atoms with van der Waals surface area (Å²) in [6.07, 6.45) is 2.45. The van der Waals surface area contributed by atoms with E-state index in [-0.39, 0.29) is 5.54 Å². The van der Waals surface area contributed by atoms with Crippen LogP contribution in [0.3, 0.4) is 0 Å². The van der Waals surface area contributed by atoms with Crippen molar-refractivity contribution in [2.45, 2.75) is 32.7 Å². The molecule has 1 aromatic heterocycles. The van der Waals surface area contributed by atoms with Gasteiger partial charge in [-0.3, -0.25) is 0 Å². The van der Waals surface area contributed by atoms with E-state index in [0.717, 1.165) is 12.2 Å². The van der Waals surface area contributed by atoms with Gasteiger partial charge in [-0.25, -0.2) is 9.97 Å². The quantitative estimate of drug-likeness (QED) is 0.843. The Labute approximate surface area is 96.6 Å². The summed E-state index contributed by atoms with van der Waals surface area (Å²) in [7, 11) is 3.55. The Morgan fingerprint density at radius 2 is 2.06 bits per heavy atom. The molecule has 0 bridgehead atoms. The van der Waals surface area contributed by atoms with Crippen LogP contribution in [0, 0.1) is 0 Å². The third-order valence-electron chi connectivity index (χ3n) is 3.11. The lowest BCUT2D eigenvalue weighted by Crippen LogP contribution is -2.41. The summed E-state index contributed by atoms with van der Waals surface area (Å²) in [6, 6.07) is 0. The fourth-order valence-corrected chi connectivity index (χ4v) is 1.34. The number of rotatable bonds is 4. The summed E-state index contributed by atoms with van der Waals surface area (Å²) in [6.45, 7) is 6.42. The normalized spacial score (nSPS) is 11.3. The molecule has 0 unspecified atom stereocenters. The van der Waals surface area contributed by atoms with Crippen LogP contribution in [0.1, 0.15) is 27.2 Å². The van der Waals surface area contributed by atoms with Crippen LogP contribution in [0.4, 0.5) is 11.6 Å². The molecule has 5 nitrogen and oxygen atoms in total. The van der Waals surface area contributed by atoms with Crippen LogP contribution in [0.15, 0.2) is 6.33 Å². The Bertz CT molecular complexity index is 365. The second kappa shape index (κ2) is 4.55. The van der Waals surface area contributed by atoms with Gasteiger partial charge in [0.2, 0.25) is 5.75 Å². The molecule has 0 aliphatic heterocycles. The van der Waals surface area contributed by atoms with Crippen molar-refractivity contribution in [3.8, 4) is 5.75 Å². The molecule has 1 heterocycles. The van der Waals surface area contributed by atoms with E-state index < -0.39 is 0 Å². The third-order valence-corrected chi connectivity index (χ3v) is 3.11. The molecule has 0 amide bonds.